The molecule has 1 fully saturated rings. The van der Waals surface area contributed by atoms with Gasteiger partial charge >= 0.3 is 0 Å². The summed E-state index contributed by atoms with van der Waals surface area (Å²) < 4.78 is 8.41. The summed E-state index contributed by atoms with van der Waals surface area (Å²) in [6.07, 6.45) is 1.83. The molecule has 5 nitrogen and oxygen atoms in total. The van der Waals surface area contributed by atoms with Gasteiger partial charge in [0.05, 0.1) is 17.8 Å². The molecule has 200 valence electrons. The van der Waals surface area contributed by atoms with Crippen LogP contribution in [0.15, 0.2) is 103 Å². The number of nitrogens with zero attached hydrogens (tertiary/aromatic N) is 3. The number of ether oxygens (including phenoxy) is 1. The Morgan fingerprint density at radius 1 is 0.850 bits per heavy atom. The number of rotatable bonds is 6. The molecular formula is C33H29ClN4OS. The first-order chi connectivity index (χ1) is 19.4. The summed E-state index contributed by atoms with van der Waals surface area (Å²) in [5.41, 5.74) is 7.44. The van der Waals surface area contributed by atoms with Crippen molar-refractivity contribution in [2.45, 2.75) is 32.9 Å². The monoisotopic (exact) mass is 564 g/mol. The van der Waals surface area contributed by atoms with Crippen molar-refractivity contribution in [1.82, 2.24) is 14.9 Å². The standard InChI is InChI=1S/C33H29ClN4OS/c1-21-9-4-5-13-30(21)39-27-16-14-25(15-17-27)38-32(31(36-33(38)40)29-12-6-7-18-35-29)28-19-22(2)37(23(28)3)26-11-8-10-24(34)20-26/h4-20,31-32H,1-3H3,(H,36,40)/t31-,32-/m0/s1. The molecule has 1 aliphatic rings. The lowest BCUT2D eigenvalue weighted by Gasteiger charge is -2.28. The molecule has 6 rings (SSSR count). The van der Waals surface area contributed by atoms with Crippen LogP contribution in [0.3, 0.4) is 0 Å². The molecule has 0 amide bonds. The molecule has 0 unspecified atom stereocenters. The van der Waals surface area contributed by atoms with Crippen LogP contribution >= 0.6 is 23.8 Å². The van der Waals surface area contributed by atoms with Crippen LogP contribution in [0.5, 0.6) is 11.5 Å². The molecule has 1 aliphatic heterocycles. The van der Waals surface area contributed by atoms with Gasteiger partial charge in [-0.3, -0.25) is 4.98 Å². The van der Waals surface area contributed by atoms with Crippen molar-refractivity contribution >= 4 is 34.6 Å². The third-order valence-electron chi connectivity index (χ3n) is 7.39. The van der Waals surface area contributed by atoms with Gasteiger partial charge < -0.3 is 19.5 Å². The Morgan fingerprint density at radius 2 is 1.62 bits per heavy atom. The first-order valence-electron chi connectivity index (χ1n) is 13.2. The van der Waals surface area contributed by atoms with Crippen molar-refractivity contribution in [2.24, 2.45) is 0 Å². The average molecular weight is 565 g/mol. The van der Waals surface area contributed by atoms with Crippen LogP contribution in [0.4, 0.5) is 5.69 Å². The summed E-state index contributed by atoms with van der Waals surface area (Å²) in [5.74, 6) is 1.61. The van der Waals surface area contributed by atoms with Crippen LogP contribution < -0.4 is 15.0 Å². The molecule has 5 aromatic rings. The van der Waals surface area contributed by atoms with Gasteiger partial charge in [-0.1, -0.05) is 41.9 Å². The fraction of sp³-hybridized carbons (Fsp3) is 0.152. The molecule has 2 aromatic heterocycles. The summed E-state index contributed by atoms with van der Waals surface area (Å²) in [6, 6.07) is 32.0. The quantitative estimate of drug-likeness (QED) is 0.210. The second kappa shape index (κ2) is 10.8. The van der Waals surface area contributed by atoms with Gasteiger partial charge in [-0.05, 0) is 111 Å². The smallest absolute Gasteiger partial charge is 0.174 e. The first kappa shape index (κ1) is 26.1. The number of aromatic nitrogens is 2. The normalized spacial score (nSPS) is 16.7. The summed E-state index contributed by atoms with van der Waals surface area (Å²) in [6.45, 7) is 6.31. The highest BCUT2D eigenvalue weighted by molar-refractivity contribution is 7.80. The molecule has 0 saturated carbocycles. The van der Waals surface area contributed by atoms with Crippen molar-refractivity contribution in [1.29, 1.82) is 0 Å². The number of thiocarbonyl (C=S) groups is 1. The van der Waals surface area contributed by atoms with Crippen molar-refractivity contribution in [3.63, 3.8) is 0 Å². The topological polar surface area (TPSA) is 42.3 Å². The zero-order chi connectivity index (χ0) is 27.8. The molecule has 0 radical (unpaired) electrons. The first-order valence-corrected chi connectivity index (χ1v) is 14.0. The highest BCUT2D eigenvalue weighted by Gasteiger charge is 2.42. The van der Waals surface area contributed by atoms with Crippen LogP contribution in [0.25, 0.3) is 5.69 Å². The Labute approximate surface area is 245 Å². The SMILES string of the molecule is Cc1ccccc1Oc1ccc(N2C(=S)N[C@@H](c3ccccn3)[C@@H]2c2cc(C)n(-c3cccc(Cl)c3)c2C)cc1. The molecule has 0 spiro atoms. The minimum Gasteiger partial charge on any atom is -0.457 e. The molecule has 1 N–H and O–H groups in total. The van der Waals surface area contributed by atoms with E-state index in [1.165, 1.54) is 5.56 Å². The van der Waals surface area contributed by atoms with E-state index in [1.807, 2.05) is 85.9 Å². The maximum atomic E-state index is 6.36. The highest BCUT2D eigenvalue weighted by atomic mass is 35.5. The number of hydrogen-bond donors (Lipinski definition) is 1. The van der Waals surface area contributed by atoms with Crippen molar-refractivity contribution < 1.29 is 4.74 Å². The van der Waals surface area contributed by atoms with Gasteiger partial charge in [-0.15, -0.1) is 0 Å². The van der Waals surface area contributed by atoms with Gasteiger partial charge in [0.2, 0.25) is 0 Å². The minimum atomic E-state index is -0.134. The number of para-hydroxylation sites is 1. The van der Waals surface area contributed by atoms with Crippen LogP contribution in [0.1, 0.15) is 40.3 Å². The molecule has 0 aliphatic carbocycles. The zero-order valence-corrected chi connectivity index (χ0v) is 24.1. The minimum absolute atomic E-state index is 0.121. The van der Waals surface area contributed by atoms with Crippen molar-refractivity contribution in [3.8, 4) is 17.2 Å². The molecule has 3 heterocycles. The fourth-order valence-electron chi connectivity index (χ4n) is 5.52. The number of benzene rings is 3. The molecule has 3 aromatic carbocycles. The number of halogens is 1. The number of hydrogen-bond acceptors (Lipinski definition) is 3. The third-order valence-corrected chi connectivity index (χ3v) is 7.94. The van der Waals surface area contributed by atoms with Crippen molar-refractivity contribution in [2.75, 3.05) is 4.90 Å². The van der Waals surface area contributed by atoms with Crippen LogP contribution in [0, 0.1) is 20.8 Å². The van der Waals surface area contributed by atoms with Crippen molar-refractivity contribution in [3.05, 3.63) is 136 Å². The lowest BCUT2D eigenvalue weighted by molar-refractivity contribution is 0.479. The largest absolute Gasteiger partial charge is 0.457 e. The molecular weight excluding hydrogens is 536 g/mol. The van der Waals surface area contributed by atoms with Gasteiger partial charge in [0.1, 0.15) is 11.5 Å². The second-order valence-electron chi connectivity index (χ2n) is 10.00. The molecule has 2 atom stereocenters. The van der Waals surface area contributed by atoms with Gasteiger partial charge in [0, 0.05) is 34.0 Å². The molecule has 7 heteroatoms. The lowest BCUT2D eigenvalue weighted by Crippen LogP contribution is -2.29. The van der Waals surface area contributed by atoms with E-state index >= 15 is 0 Å². The summed E-state index contributed by atoms with van der Waals surface area (Å²) in [5, 5.41) is 4.93. The third kappa shape index (κ3) is 4.85. The van der Waals surface area contributed by atoms with E-state index in [9.17, 15) is 0 Å². The Kier molecular flexibility index (Phi) is 7.05. The highest BCUT2D eigenvalue weighted by Crippen LogP contribution is 2.44. The van der Waals surface area contributed by atoms with E-state index in [4.69, 9.17) is 33.5 Å². The summed E-state index contributed by atoms with van der Waals surface area (Å²) >= 11 is 12.3. The van der Waals surface area contributed by atoms with E-state index < -0.39 is 0 Å². The van der Waals surface area contributed by atoms with E-state index in [1.54, 1.807) is 0 Å². The lowest BCUT2D eigenvalue weighted by atomic mass is 9.96. The Hall–Kier alpha value is -4.13. The van der Waals surface area contributed by atoms with E-state index in [-0.39, 0.29) is 12.1 Å². The Morgan fingerprint density at radius 3 is 2.35 bits per heavy atom. The maximum absolute atomic E-state index is 6.36. The van der Waals surface area contributed by atoms with Crippen LogP contribution in [-0.2, 0) is 0 Å². The average Bonchev–Trinajstić information content (AvgIpc) is 3.45. The number of pyridine rings is 1. The molecule has 40 heavy (non-hydrogen) atoms. The van der Waals surface area contributed by atoms with Gasteiger partial charge in [0.15, 0.2) is 5.11 Å². The molecule has 1 saturated heterocycles. The Balaban J connectivity index is 1.42. The van der Waals surface area contributed by atoms with E-state index in [2.05, 4.69) is 52.9 Å². The van der Waals surface area contributed by atoms with Gasteiger partial charge in [-0.25, -0.2) is 0 Å². The predicted octanol–water partition coefficient (Wildman–Crippen LogP) is 8.42. The van der Waals surface area contributed by atoms with Crippen LogP contribution in [-0.4, -0.2) is 14.7 Å². The summed E-state index contributed by atoms with van der Waals surface area (Å²) in [4.78, 5) is 6.89. The zero-order valence-electron chi connectivity index (χ0n) is 22.5. The second-order valence-corrected chi connectivity index (χ2v) is 10.8. The van der Waals surface area contributed by atoms with E-state index in [0.29, 0.717) is 10.1 Å². The van der Waals surface area contributed by atoms with Crippen LogP contribution in [0.2, 0.25) is 5.02 Å². The predicted molar refractivity (Wildman–Crippen MR) is 166 cm³/mol. The summed E-state index contributed by atoms with van der Waals surface area (Å²) in [7, 11) is 0. The molecule has 0 bridgehead atoms. The van der Waals surface area contributed by atoms with Gasteiger partial charge in [-0.2, -0.15) is 0 Å². The number of anilines is 1. The fourth-order valence-corrected chi connectivity index (χ4v) is 6.05. The Bertz CT molecular complexity index is 1680. The van der Waals surface area contributed by atoms with E-state index in [0.717, 1.165) is 45.5 Å². The number of nitrogens with one attached hydrogen (secondary N) is 1. The number of aryl methyl sites for hydroxylation is 2. The van der Waals surface area contributed by atoms with Gasteiger partial charge in [0.25, 0.3) is 0 Å². The maximum Gasteiger partial charge on any atom is 0.174 e.